The lowest BCUT2D eigenvalue weighted by molar-refractivity contribution is -0.894. The largest absolute Gasteiger partial charge is 0.800 e. The van der Waals surface area contributed by atoms with E-state index in [1.807, 2.05) is 0 Å². The second-order valence-electron chi connectivity index (χ2n) is 4.22. The molecule has 0 saturated heterocycles. The minimum Gasteiger partial charge on any atom is -0.800 e. The summed E-state index contributed by atoms with van der Waals surface area (Å²) in [4.78, 5) is 21.6. The summed E-state index contributed by atoms with van der Waals surface area (Å²) in [6.07, 6.45) is 0. The molecule has 122 valence electrons. The molecule has 0 heterocycles. The summed E-state index contributed by atoms with van der Waals surface area (Å²) in [6.45, 7) is 21.0. The van der Waals surface area contributed by atoms with Gasteiger partial charge in [-0.05, 0) is 41.5 Å². The zero-order valence-corrected chi connectivity index (χ0v) is 14.8. The van der Waals surface area contributed by atoms with Gasteiger partial charge in [-0.25, -0.2) is 0 Å². The molecule has 0 aliphatic rings. The molecule has 0 amide bonds. The molecule has 0 aromatic carbocycles. The molecular formula is C13H32N3O3P. The highest BCUT2D eigenvalue weighted by Gasteiger charge is 1.93. The fraction of sp³-hybridized carbons (Fsp3) is 0.923. The van der Waals surface area contributed by atoms with Gasteiger partial charge in [0.05, 0.1) is 45.1 Å². The summed E-state index contributed by atoms with van der Waals surface area (Å²) < 4.78 is 9.11. The summed E-state index contributed by atoms with van der Waals surface area (Å²) in [5.41, 5.74) is 0. The SMILES string of the molecule is CC[NH+](CC)CC.CC[NH+](CC)CC.N#CP(=O)([O-])[O-]. The highest BCUT2D eigenvalue weighted by atomic mass is 31.2. The number of hydrogen-bond acceptors (Lipinski definition) is 4. The Balaban J connectivity index is -0.000000218. The van der Waals surface area contributed by atoms with E-state index >= 15 is 0 Å². The van der Waals surface area contributed by atoms with Crippen LogP contribution in [0.25, 0.3) is 0 Å². The van der Waals surface area contributed by atoms with Gasteiger partial charge >= 0.3 is 0 Å². The quantitative estimate of drug-likeness (QED) is 0.568. The van der Waals surface area contributed by atoms with E-state index in [9.17, 15) is 0 Å². The van der Waals surface area contributed by atoms with Gasteiger partial charge in [-0.1, -0.05) is 0 Å². The number of nitriles is 1. The second-order valence-corrected chi connectivity index (χ2v) is 5.41. The minimum absolute atomic E-state index is 0.549. The average Bonchev–Trinajstić information content (AvgIpc) is 2.43. The summed E-state index contributed by atoms with van der Waals surface area (Å²) in [6, 6.07) is 0. The molecule has 0 atom stereocenters. The Morgan fingerprint density at radius 3 is 0.950 bits per heavy atom. The Kier molecular flexibility index (Phi) is 20.4. The van der Waals surface area contributed by atoms with Crippen LogP contribution in [-0.4, -0.2) is 39.3 Å². The first kappa shape index (κ1) is 24.6. The molecule has 0 aromatic rings. The first-order valence-electron chi connectivity index (χ1n) is 7.36. The predicted molar refractivity (Wildman–Crippen MR) is 78.4 cm³/mol. The van der Waals surface area contributed by atoms with E-state index in [0.717, 1.165) is 0 Å². The van der Waals surface area contributed by atoms with Crippen LogP contribution in [0.3, 0.4) is 0 Å². The lowest BCUT2D eigenvalue weighted by atomic mass is 10.5. The van der Waals surface area contributed by atoms with Gasteiger partial charge in [0.1, 0.15) is 0 Å². The van der Waals surface area contributed by atoms with Crippen LogP contribution < -0.4 is 19.6 Å². The Bertz CT molecular complexity index is 246. The van der Waals surface area contributed by atoms with Gasteiger partial charge in [0.15, 0.2) is 0 Å². The van der Waals surface area contributed by atoms with Crippen LogP contribution in [0.1, 0.15) is 41.5 Å². The summed E-state index contributed by atoms with van der Waals surface area (Å²) in [5.74, 6) is 0.549. The highest BCUT2D eigenvalue weighted by Crippen LogP contribution is 2.17. The van der Waals surface area contributed by atoms with Crippen LogP contribution in [0.15, 0.2) is 0 Å². The van der Waals surface area contributed by atoms with Crippen LogP contribution in [0.5, 0.6) is 0 Å². The molecule has 0 aliphatic carbocycles. The summed E-state index contributed by atoms with van der Waals surface area (Å²) in [5, 5.41) is 7.26. The van der Waals surface area contributed by atoms with Crippen molar-refractivity contribution >= 4 is 7.60 Å². The molecule has 0 spiro atoms. The van der Waals surface area contributed by atoms with Crippen molar-refractivity contribution in [1.82, 2.24) is 0 Å². The average molecular weight is 309 g/mol. The molecule has 0 aliphatic heterocycles. The predicted octanol–water partition coefficient (Wildman–Crippen LogP) is -1.76. The molecule has 0 unspecified atom stereocenters. The van der Waals surface area contributed by atoms with Gasteiger partial charge in [-0.3, -0.25) is 0 Å². The van der Waals surface area contributed by atoms with Gasteiger partial charge in [0.25, 0.3) is 0 Å². The van der Waals surface area contributed by atoms with E-state index in [2.05, 4.69) is 41.5 Å². The van der Waals surface area contributed by atoms with Crippen molar-refractivity contribution in [3.63, 3.8) is 0 Å². The number of nitrogens with one attached hydrogen (secondary N) is 2. The number of quaternary nitrogens is 2. The zero-order valence-electron chi connectivity index (χ0n) is 13.9. The van der Waals surface area contributed by atoms with Crippen LogP contribution in [0.4, 0.5) is 0 Å². The molecule has 0 bridgehead atoms. The van der Waals surface area contributed by atoms with E-state index in [1.54, 1.807) is 9.80 Å². The number of hydrogen-bond donors (Lipinski definition) is 2. The van der Waals surface area contributed by atoms with Crippen LogP contribution >= 0.6 is 7.60 Å². The van der Waals surface area contributed by atoms with Crippen molar-refractivity contribution in [3.8, 4) is 5.81 Å². The van der Waals surface area contributed by atoms with E-state index in [-0.39, 0.29) is 0 Å². The molecule has 0 rings (SSSR count). The zero-order chi connectivity index (χ0) is 16.6. The van der Waals surface area contributed by atoms with Crippen LogP contribution in [0, 0.1) is 11.1 Å². The van der Waals surface area contributed by atoms with E-state index < -0.39 is 7.60 Å². The van der Waals surface area contributed by atoms with Crippen LogP contribution in [0.2, 0.25) is 0 Å². The molecule has 0 saturated carbocycles. The van der Waals surface area contributed by atoms with Gasteiger partial charge in [0, 0.05) is 7.60 Å². The molecule has 7 heteroatoms. The molecular weight excluding hydrogens is 277 g/mol. The van der Waals surface area contributed by atoms with Crippen molar-refractivity contribution in [1.29, 1.82) is 5.26 Å². The van der Waals surface area contributed by atoms with Gasteiger partial charge in [-0.2, -0.15) is 5.26 Å². The lowest BCUT2D eigenvalue weighted by Gasteiger charge is -2.17. The number of nitrogens with zero attached hydrogens (tertiary/aromatic N) is 1. The fourth-order valence-electron chi connectivity index (χ4n) is 1.50. The molecule has 2 N–H and O–H groups in total. The van der Waals surface area contributed by atoms with Gasteiger partial charge in [0.2, 0.25) is 0 Å². The van der Waals surface area contributed by atoms with Crippen molar-refractivity contribution in [2.24, 2.45) is 0 Å². The monoisotopic (exact) mass is 309 g/mol. The van der Waals surface area contributed by atoms with Gasteiger partial charge < -0.3 is 24.2 Å². The lowest BCUT2D eigenvalue weighted by Crippen LogP contribution is -3.11. The molecule has 6 nitrogen and oxygen atoms in total. The van der Waals surface area contributed by atoms with Crippen molar-refractivity contribution < 1.29 is 24.2 Å². The fourth-order valence-corrected chi connectivity index (χ4v) is 1.50. The standard InChI is InChI=1S/2C6H15N.CH2NO3P/c2*1-4-7(5-2)6-3;2-1-6(3,4)5/h2*4-6H2,1-3H3;(H2,3,4,5). The Labute approximate surface area is 124 Å². The van der Waals surface area contributed by atoms with E-state index in [0.29, 0.717) is 5.81 Å². The van der Waals surface area contributed by atoms with E-state index in [1.165, 1.54) is 39.3 Å². The highest BCUT2D eigenvalue weighted by molar-refractivity contribution is 7.54. The van der Waals surface area contributed by atoms with Crippen molar-refractivity contribution in [3.05, 3.63) is 0 Å². The van der Waals surface area contributed by atoms with Crippen molar-refractivity contribution in [2.45, 2.75) is 41.5 Å². The topological polar surface area (TPSA) is 95.9 Å². The summed E-state index contributed by atoms with van der Waals surface area (Å²) in [7, 11) is -4.84. The Morgan fingerprint density at radius 2 is 0.950 bits per heavy atom. The second kappa shape index (κ2) is 16.6. The maximum atomic E-state index is 9.11. The third kappa shape index (κ3) is 22.7. The first-order valence-corrected chi connectivity index (χ1v) is 8.90. The smallest absolute Gasteiger partial charge is 0.0962 e. The molecule has 0 radical (unpaired) electrons. The van der Waals surface area contributed by atoms with Crippen LogP contribution in [-0.2, 0) is 4.57 Å². The van der Waals surface area contributed by atoms with Gasteiger partial charge in [-0.15, -0.1) is 0 Å². The third-order valence-electron chi connectivity index (χ3n) is 3.12. The molecule has 0 fully saturated rings. The summed E-state index contributed by atoms with van der Waals surface area (Å²) >= 11 is 0. The molecule has 0 aromatic heterocycles. The first-order chi connectivity index (χ1) is 9.25. The minimum atomic E-state index is -4.84. The number of rotatable bonds is 6. The third-order valence-corrected chi connectivity index (χ3v) is 3.37. The normalized spacial score (nSPS) is 10.2. The Morgan fingerprint density at radius 1 is 0.800 bits per heavy atom. The Hall–Kier alpha value is -0.440. The maximum Gasteiger partial charge on any atom is 0.0962 e. The van der Waals surface area contributed by atoms with E-state index in [4.69, 9.17) is 19.6 Å². The maximum absolute atomic E-state index is 9.11. The molecule has 20 heavy (non-hydrogen) atoms. The van der Waals surface area contributed by atoms with Crippen molar-refractivity contribution in [2.75, 3.05) is 39.3 Å².